The highest BCUT2D eigenvalue weighted by molar-refractivity contribution is 7.99. The zero-order valence-corrected chi connectivity index (χ0v) is 19.6. The van der Waals surface area contributed by atoms with Crippen LogP contribution in [0.1, 0.15) is 16.0 Å². The number of quaternary nitrogens is 1. The first kappa shape index (κ1) is 20.8. The van der Waals surface area contributed by atoms with Crippen LogP contribution in [0.3, 0.4) is 0 Å². The Hall–Kier alpha value is -2.12. The lowest BCUT2D eigenvalue weighted by atomic mass is 10.1. The van der Waals surface area contributed by atoms with Gasteiger partial charge in [-0.3, -0.25) is 9.36 Å². The van der Waals surface area contributed by atoms with Gasteiger partial charge in [-0.05, 0) is 41.8 Å². The van der Waals surface area contributed by atoms with Gasteiger partial charge in [0.05, 0.1) is 29.5 Å². The van der Waals surface area contributed by atoms with Crippen LogP contribution in [0.25, 0.3) is 15.9 Å². The van der Waals surface area contributed by atoms with E-state index in [1.807, 2.05) is 30.3 Å². The van der Waals surface area contributed by atoms with Crippen molar-refractivity contribution in [2.24, 2.45) is 0 Å². The molecular weight excluding hydrogens is 446 g/mol. The molecule has 1 aliphatic heterocycles. The van der Waals surface area contributed by atoms with E-state index in [2.05, 4.69) is 31.3 Å². The Morgan fingerprint density at radius 3 is 2.71 bits per heavy atom. The van der Waals surface area contributed by atoms with Gasteiger partial charge in [-0.1, -0.05) is 53.7 Å². The number of benzene rings is 2. The zero-order valence-electron chi connectivity index (χ0n) is 17.2. The molecule has 31 heavy (non-hydrogen) atoms. The third kappa shape index (κ3) is 4.17. The molecule has 0 aliphatic carbocycles. The fourth-order valence-electron chi connectivity index (χ4n) is 4.06. The molecule has 0 saturated carbocycles. The maximum Gasteiger partial charge on any atom is 0.267 e. The highest BCUT2D eigenvalue weighted by atomic mass is 35.5. The van der Waals surface area contributed by atoms with Crippen LogP contribution in [0.5, 0.6) is 0 Å². The fourth-order valence-corrected chi connectivity index (χ4v) is 6.56. The second-order valence-corrected chi connectivity index (χ2v) is 10.5. The number of aromatic nitrogens is 2. The number of hydrogen-bond acceptors (Lipinski definition) is 4. The van der Waals surface area contributed by atoms with Gasteiger partial charge >= 0.3 is 0 Å². The lowest BCUT2D eigenvalue weighted by molar-refractivity contribution is -0.895. The standard InChI is InChI=1S/C24H22ClN3OS2/c1-27-13-11-19-20(15-27)31-22-21(19)23(29)28(18-9-7-17(25)8-10-18)24(26-22)30-14-12-16-5-3-2-4-6-16/h2-10H,11-15H2,1H3/p+1. The summed E-state index contributed by atoms with van der Waals surface area (Å²) in [5, 5.41) is 2.20. The molecule has 1 unspecified atom stereocenters. The molecule has 1 atom stereocenters. The third-order valence-electron chi connectivity index (χ3n) is 5.69. The Kier molecular flexibility index (Phi) is 5.89. The molecule has 2 aromatic carbocycles. The number of rotatable bonds is 5. The average Bonchev–Trinajstić information content (AvgIpc) is 3.13. The molecule has 3 heterocycles. The Morgan fingerprint density at radius 1 is 1.16 bits per heavy atom. The second-order valence-electron chi connectivity index (χ2n) is 7.91. The van der Waals surface area contributed by atoms with E-state index in [0.717, 1.165) is 52.7 Å². The van der Waals surface area contributed by atoms with Gasteiger partial charge in [0.25, 0.3) is 5.56 Å². The number of halogens is 1. The van der Waals surface area contributed by atoms with Crippen molar-refractivity contribution in [1.82, 2.24) is 9.55 Å². The summed E-state index contributed by atoms with van der Waals surface area (Å²) in [7, 11) is 2.21. The van der Waals surface area contributed by atoms with Crippen molar-refractivity contribution in [1.29, 1.82) is 0 Å². The molecule has 0 saturated heterocycles. The van der Waals surface area contributed by atoms with Crippen molar-refractivity contribution in [3.8, 4) is 5.69 Å². The van der Waals surface area contributed by atoms with Gasteiger partial charge in [0.1, 0.15) is 11.4 Å². The van der Waals surface area contributed by atoms with E-state index < -0.39 is 0 Å². The molecule has 7 heteroatoms. The van der Waals surface area contributed by atoms with Gasteiger partial charge in [-0.2, -0.15) is 0 Å². The highest BCUT2D eigenvalue weighted by Gasteiger charge is 2.26. The Labute approximate surface area is 194 Å². The molecular formula is C24H23ClN3OS2+. The Bertz CT molecular complexity index is 1280. The first-order valence-corrected chi connectivity index (χ1v) is 12.6. The monoisotopic (exact) mass is 468 g/mol. The van der Waals surface area contributed by atoms with Crippen molar-refractivity contribution in [2.75, 3.05) is 19.3 Å². The number of nitrogens with one attached hydrogen (secondary N) is 1. The van der Waals surface area contributed by atoms with Crippen LogP contribution in [0, 0.1) is 0 Å². The minimum Gasteiger partial charge on any atom is -0.333 e. The Morgan fingerprint density at radius 2 is 1.94 bits per heavy atom. The second kappa shape index (κ2) is 8.79. The summed E-state index contributed by atoms with van der Waals surface area (Å²) < 4.78 is 1.77. The van der Waals surface area contributed by atoms with E-state index in [0.29, 0.717) is 5.02 Å². The van der Waals surface area contributed by atoms with Crippen LogP contribution < -0.4 is 10.5 Å². The maximum absolute atomic E-state index is 13.8. The minimum absolute atomic E-state index is 0.0339. The number of aryl methyl sites for hydroxylation is 1. The Balaban J connectivity index is 1.59. The van der Waals surface area contributed by atoms with Gasteiger partial charge in [0.15, 0.2) is 5.16 Å². The lowest BCUT2D eigenvalue weighted by Gasteiger charge is -2.19. The van der Waals surface area contributed by atoms with E-state index in [1.54, 1.807) is 27.7 Å². The number of thiophene rings is 1. The van der Waals surface area contributed by atoms with Crippen LogP contribution in [0.4, 0.5) is 0 Å². The average molecular weight is 469 g/mol. The highest BCUT2D eigenvalue weighted by Crippen LogP contribution is 2.32. The molecule has 0 radical (unpaired) electrons. The zero-order chi connectivity index (χ0) is 21.4. The lowest BCUT2D eigenvalue weighted by Crippen LogP contribution is -3.08. The predicted octanol–water partition coefficient (Wildman–Crippen LogP) is 4.01. The van der Waals surface area contributed by atoms with Crippen molar-refractivity contribution in [3.63, 3.8) is 0 Å². The molecule has 1 N–H and O–H groups in total. The summed E-state index contributed by atoms with van der Waals surface area (Å²) in [6, 6.07) is 17.9. The largest absolute Gasteiger partial charge is 0.333 e. The molecule has 1 aliphatic rings. The summed E-state index contributed by atoms with van der Waals surface area (Å²) >= 11 is 9.43. The number of hydrogen-bond donors (Lipinski definition) is 1. The van der Waals surface area contributed by atoms with Gasteiger partial charge in [0.2, 0.25) is 0 Å². The van der Waals surface area contributed by atoms with E-state index in [4.69, 9.17) is 16.6 Å². The third-order valence-corrected chi connectivity index (χ3v) is 8.01. The van der Waals surface area contributed by atoms with Crippen LogP contribution >= 0.6 is 34.7 Å². The summed E-state index contributed by atoms with van der Waals surface area (Å²) in [6.07, 6.45) is 1.86. The molecule has 5 rings (SSSR count). The van der Waals surface area contributed by atoms with E-state index in [-0.39, 0.29) is 5.56 Å². The molecule has 0 bridgehead atoms. The first-order chi connectivity index (χ1) is 15.1. The molecule has 0 fully saturated rings. The summed E-state index contributed by atoms with van der Waals surface area (Å²) in [5.74, 6) is 0.855. The summed E-state index contributed by atoms with van der Waals surface area (Å²) in [6.45, 7) is 2.01. The van der Waals surface area contributed by atoms with Crippen molar-refractivity contribution >= 4 is 44.9 Å². The van der Waals surface area contributed by atoms with Crippen LogP contribution in [-0.4, -0.2) is 28.9 Å². The van der Waals surface area contributed by atoms with Crippen molar-refractivity contribution < 1.29 is 4.90 Å². The molecule has 158 valence electrons. The van der Waals surface area contributed by atoms with Gasteiger partial charge < -0.3 is 4.90 Å². The summed E-state index contributed by atoms with van der Waals surface area (Å²) in [5.41, 5.74) is 3.33. The number of fused-ring (bicyclic) bond motifs is 3. The first-order valence-electron chi connectivity index (χ1n) is 10.4. The predicted molar refractivity (Wildman–Crippen MR) is 130 cm³/mol. The number of thioether (sulfide) groups is 1. The van der Waals surface area contributed by atoms with E-state index >= 15 is 0 Å². The molecule has 4 aromatic rings. The van der Waals surface area contributed by atoms with E-state index in [9.17, 15) is 4.79 Å². The smallest absolute Gasteiger partial charge is 0.267 e. The van der Waals surface area contributed by atoms with Crippen molar-refractivity contribution in [2.45, 2.75) is 24.5 Å². The number of nitrogens with zero attached hydrogens (tertiary/aromatic N) is 2. The maximum atomic E-state index is 13.8. The van der Waals surface area contributed by atoms with Crippen LogP contribution in [0.2, 0.25) is 5.02 Å². The summed E-state index contributed by atoms with van der Waals surface area (Å²) in [4.78, 5) is 22.4. The molecule has 0 spiro atoms. The minimum atomic E-state index is 0.0339. The number of likely N-dealkylation sites (N-methyl/N-ethyl adjacent to an activating group) is 1. The van der Waals surface area contributed by atoms with Gasteiger partial charge in [-0.25, -0.2) is 4.98 Å². The van der Waals surface area contributed by atoms with Gasteiger partial charge in [-0.15, -0.1) is 11.3 Å². The molecule has 0 amide bonds. The van der Waals surface area contributed by atoms with E-state index in [1.165, 1.54) is 20.9 Å². The quantitative estimate of drug-likeness (QED) is 0.355. The van der Waals surface area contributed by atoms with Gasteiger partial charge in [0, 0.05) is 17.2 Å². The van der Waals surface area contributed by atoms with Crippen LogP contribution in [0.15, 0.2) is 64.5 Å². The van der Waals surface area contributed by atoms with Crippen LogP contribution in [-0.2, 0) is 19.4 Å². The molecule has 4 nitrogen and oxygen atoms in total. The van der Waals surface area contributed by atoms with Crippen molar-refractivity contribution in [3.05, 3.63) is 86.0 Å². The molecule has 2 aromatic heterocycles. The fraction of sp³-hybridized carbons (Fsp3) is 0.250. The normalized spacial score (nSPS) is 15.9. The SMILES string of the molecule is C[NH+]1CCc2c(sc3nc(SCCc4ccccc4)n(-c4ccc(Cl)cc4)c(=O)c23)C1. The topological polar surface area (TPSA) is 39.3 Å².